The van der Waals surface area contributed by atoms with Crippen LogP contribution in [0.5, 0.6) is 5.88 Å². The Morgan fingerprint density at radius 3 is 2.82 bits per heavy atom. The topological polar surface area (TPSA) is 104 Å². The third-order valence-corrected chi connectivity index (χ3v) is 4.56. The predicted octanol–water partition coefficient (Wildman–Crippen LogP) is 1.64. The molecule has 0 aliphatic rings. The molecule has 1 amide bonds. The van der Waals surface area contributed by atoms with Crippen molar-refractivity contribution in [1.29, 1.82) is 0 Å². The number of H-pyrrole nitrogens is 1. The second-order valence-corrected chi connectivity index (χ2v) is 6.56. The van der Waals surface area contributed by atoms with Gasteiger partial charge in [-0.1, -0.05) is 21.6 Å². The van der Waals surface area contributed by atoms with E-state index in [-0.39, 0.29) is 17.9 Å². The number of amides is 1. The van der Waals surface area contributed by atoms with E-state index in [1.165, 1.54) is 27.8 Å². The highest BCUT2D eigenvalue weighted by Crippen LogP contribution is 2.21. The Balaban J connectivity index is 2.22. The second-order valence-electron chi connectivity index (χ2n) is 3.86. The number of ether oxygens (including phenoxy) is 1. The second kappa shape index (κ2) is 10.3. The highest BCUT2D eigenvalue weighted by molar-refractivity contribution is 8.76. The van der Waals surface area contributed by atoms with E-state index in [4.69, 9.17) is 9.84 Å². The molecule has 1 heterocycles. The van der Waals surface area contributed by atoms with Gasteiger partial charge in [-0.05, 0) is 0 Å². The number of hydrogen-bond donors (Lipinski definition) is 3. The molecule has 0 fully saturated rings. The molecule has 0 bridgehead atoms. The highest BCUT2D eigenvalue weighted by atomic mass is 33.1. The van der Waals surface area contributed by atoms with Gasteiger partial charge in [0.1, 0.15) is 5.56 Å². The lowest BCUT2D eigenvalue weighted by Gasteiger charge is -2.06. The summed E-state index contributed by atoms with van der Waals surface area (Å²) in [5.74, 6) is -0.351. The van der Waals surface area contributed by atoms with Crippen molar-refractivity contribution in [2.45, 2.75) is 12.8 Å². The Kier molecular flexibility index (Phi) is 8.67. The first-order valence-electron chi connectivity index (χ1n) is 6.19. The summed E-state index contributed by atoms with van der Waals surface area (Å²) in [5, 5.41) is 17.0. The number of carboxylic acid groups (broad SMARTS) is 1. The summed E-state index contributed by atoms with van der Waals surface area (Å²) in [6, 6.07) is 0. The summed E-state index contributed by atoms with van der Waals surface area (Å²) < 4.78 is 28.9. The molecule has 7 nitrogen and oxygen atoms in total. The van der Waals surface area contributed by atoms with Gasteiger partial charge in [0.05, 0.1) is 12.6 Å². The number of nitrogens with zero attached hydrogens (tertiary/aromatic N) is 1. The average molecular weight is 355 g/mol. The van der Waals surface area contributed by atoms with E-state index in [1.54, 1.807) is 0 Å². The predicted molar refractivity (Wildman–Crippen MR) is 79.6 cm³/mol. The van der Waals surface area contributed by atoms with Crippen LogP contribution in [0.2, 0.25) is 0 Å². The number of aliphatic carboxylic acids is 1. The van der Waals surface area contributed by atoms with Gasteiger partial charge in [-0.15, -0.1) is 0 Å². The molecule has 1 aromatic rings. The Labute approximate surface area is 133 Å². The number of alkyl halides is 2. The van der Waals surface area contributed by atoms with E-state index in [1.807, 2.05) is 0 Å². The van der Waals surface area contributed by atoms with Crippen molar-refractivity contribution in [3.63, 3.8) is 0 Å². The summed E-state index contributed by atoms with van der Waals surface area (Å²) >= 11 is 0. The zero-order chi connectivity index (χ0) is 16.4. The molecule has 0 aliphatic carbocycles. The lowest BCUT2D eigenvalue weighted by molar-refractivity contribution is -0.136. The Morgan fingerprint density at radius 1 is 1.41 bits per heavy atom. The van der Waals surface area contributed by atoms with Crippen LogP contribution in [0.25, 0.3) is 0 Å². The number of nitrogens with one attached hydrogen (secondary N) is 2. The van der Waals surface area contributed by atoms with Crippen molar-refractivity contribution in [2.75, 3.05) is 24.7 Å². The van der Waals surface area contributed by atoms with Crippen molar-refractivity contribution < 1.29 is 28.2 Å². The van der Waals surface area contributed by atoms with E-state index in [2.05, 4.69) is 15.5 Å². The smallest absolute Gasteiger partial charge is 0.304 e. The molecule has 0 saturated heterocycles. The lowest BCUT2D eigenvalue weighted by atomic mass is 10.3. The number of rotatable bonds is 11. The van der Waals surface area contributed by atoms with Crippen LogP contribution in [0.15, 0.2) is 6.20 Å². The molecule has 0 unspecified atom stereocenters. The maximum atomic E-state index is 12.1. The molecular weight excluding hydrogens is 340 g/mol. The molecule has 0 aliphatic heterocycles. The normalized spacial score (nSPS) is 10.7. The SMILES string of the molecule is O=C(O)CCSSCCNC(=O)c1cn[nH]c1OCC(F)F. The van der Waals surface area contributed by atoms with Gasteiger partial charge in [0.2, 0.25) is 5.88 Å². The summed E-state index contributed by atoms with van der Waals surface area (Å²) in [5.41, 5.74) is 0.0594. The first-order valence-corrected chi connectivity index (χ1v) is 8.68. The summed E-state index contributed by atoms with van der Waals surface area (Å²) in [7, 11) is 2.84. The minimum Gasteiger partial charge on any atom is -0.481 e. The minimum atomic E-state index is -2.64. The van der Waals surface area contributed by atoms with Crippen molar-refractivity contribution in [3.8, 4) is 5.88 Å². The van der Waals surface area contributed by atoms with Gasteiger partial charge >= 0.3 is 5.97 Å². The number of halogens is 2. The van der Waals surface area contributed by atoms with E-state index in [0.717, 1.165) is 0 Å². The van der Waals surface area contributed by atoms with Gasteiger partial charge in [0.15, 0.2) is 6.61 Å². The number of aromatic nitrogens is 2. The monoisotopic (exact) mass is 355 g/mol. The van der Waals surface area contributed by atoms with Gasteiger partial charge in [-0.25, -0.2) is 13.9 Å². The third kappa shape index (κ3) is 7.50. The van der Waals surface area contributed by atoms with Crippen molar-refractivity contribution in [3.05, 3.63) is 11.8 Å². The number of aromatic amines is 1. The first kappa shape index (κ1) is 18.6. The maximum absolute atomic E-state index is 12.1. The molecule has 1 aromatic heterocycles. The van der Waals surface area contributed by atoms with Gasteiger partial charge < -0.3 is 15.2 Å². The fourth-order valence-electron chi connectivity index (χ4n) is 1.24. The maximum Gasteiger partial charge on any atom is 0.304 e. The summed E-state index contributed by atoms with van der Waals surface area (Å²) in [6.45, 7) is -0.471. The molecule has 22 heavy (non-hydrogen) atoms. The Hall–Kier alpha value is -1.49. The van der Waals surface area contributed by atoms with Crippen LogP contribution in [0.1, 0.15) is 16.8 Å². The fraction of sp³-hybridized carbons (Fsp3) is 0.545. The van der Waals surface area contributed by atoms with Crippen LogP contribution in [-0.4, -0.2) is 58.3 Å². The van der Waals surface area contributed by atoms with Crippen molar-refractivity contribution in [1.82, 2.24) is 15.5 Å². The molecule has 11 heteroatoms. The quantitative estimate of drug-likeness (QED) is 0.409. The van der Waals surface area contributed by atoms with E-state index >= 15 is 0 Å². The average Bonchev–Trinajstić information content (AvgIpc) is 2.92. The fourth-order valence-corrected chi connectivity index (χ4v) is 3.13. The van der Waals surface area contributed by atoms with Gasteiger partial charge in [0, 0.05) is 18.1 Å². The molecule has 0 atom stereocenters. The van der Waals surface area contributed by atoms with Crippen LogP contribution in [0.4, 0.5) is 8.78 Å². The van der Waals surface area contributed by atoms with Gasteiger partial charge in [-0.2, -0.15) is 5.10 Å². The number of carbonyl (C=O) groups excluding carboxylic acids is 1. The molecule has 1 rings (SSSR count). The van der Waals surface area contributed by atoms with E-state index in [9.17, 15) is 18.4 Å². The van der Waals surface area contributed by atoms with Crippen LogP contribution in [-0.2, 0) is 4.79 Å². The standard InChI is InChI=1S/C11H15F2N3O4S2/c12-8(13)6-20-11-7(5-15-16-11)10(19)14-2-4-22-21-3-1-9(17)18/h5,8H,1-4,6H2,(H,14,19)(H,15,16)(H,17,18). The van der Waals surface area contributed by atoms with Crippen LogP contribution in [0.3, 0.4) is 0 Å². The van der Waals surface area contributed by atoms with Gasteiger partial charge in [-0.3, -0.25) is 9.59 Å². The largest absolute Gasteiger partial charge is 0.481 e. The van der Waals surface area contributed by atoms with Crippen LogP contribution < -0.4 is 10.1 Å². The Bertz CT molecular complexity index is 488. The zero-order valence-electron chi connectivity index (χ0n) is 11.4. The first-order chi connectivity index (χ1) is 10.5. The molecule has 0 spiro atoms. The van der Waals surface area contributed by atoms with E-state index < -0.39 is 24.9 Å². The van der Waals surface area contributed by atoms with Gasteiger partial charge in [0.25, 0.3) is 12.3 Å². The molecule has 124 valence electrons. The minimum absolute atomic E-state index is 0.0594. The van der Waals surface area contributed by atoms with Crippen LogP contribution in [0, 0.1) is 0 Å². The number of hydrogen-bond acceptors (Lipinski definition) is 6. The molecule has 3 N–H and O–H groups in total. The zero-order valence-corrected chi connectivity index (χ0v) is 13.0. The van der Waals surface area contributed by atoms with Crippen molar-refractivity contribution >= 4 is 33.5 Å². The van der Waals surface area contributed by atoms with Crippen LogP contribution >= 0.6 is 21.6 Å². The Morgan fingerprint density at radius 2 is 2.14 bits per heavy atom. The third-order valence-electron chi connectivity index (χ3n) is 2.16. The van der Waals surface area contributed by atoms with E-state index in [0.29, 0.717) is 18.1 Å². The molecule has 0 saturated carbocycles. The number of carbonyl (C=O) groups is 2. The summed E-state index contributed by atoms with van der Waals surface area (Å²) in [4.78, 5) is 22.1. The number of carboxylic acids is 1. The molecule has 0 aromatic carbocycles. The lowest BCUT2D eigenvalue weighted by Crippen LogP contribution is -2.26. The molecular formula is C11H15F2N3O4S2. The highest BCUT2D eigenvalue weighted by Gasteiger charge is 2.16. The summed E-state index contributed by atoms with van der Waals surface area (Å²) in [6.07, 6.45) is -1.35. The van der Waals surface area contributed by atoms with Crippen molar-refractivity contribution in [2.24, 2.45) is 0 Å². The molecule has 0 radical (unpaired) electrons.